The molecule has 0 radical (unpaired) electrons. The molecule has 2 atom stereocenters. The quantitative estimate of drug-likeness (QED) is 0.356. The van der Waals surface area contributed by atoms with Crippen LogP contribution in [0.25, 0.3) is 0 Å². The van der Waals surface area contributed by atoms with Gasteiger partial charge in [-0.1, -0.05) is 13.8 Å². The molecule has 2 saturated heterocycles. The Hall–Kier alpha value is -1.74. The van der Waals surface area contributed by atoms with Crippen LogP contribution in [0.5, 0.6) is 5.75 Å². The lowest BCUT2D eigenvalue weighted by molar-refractivity contribution is -0.235. The summed E-state index contributed by atoms with van der Waals surface area (Å²) in [4.78, 5) is 19.6. The van der Waals surface area contributed by atoms with Crippen LogP contribution in [0, 0.1) is 5.92 Å². The highest BCUT2D eigenvalue weighted by Gasteiger charge is 2.62. The van der Waals surface area contributed by atoms with E-state index in [-0.39, 0.29) is 37.2 Å². The molecule has 34 heavy (non-hydrogen) atoms. The molecule has 0 N–H and O–H groups in total. The van der Waals surface area contributed by atoms with Gasteiger partial charge in [0.25, 0.3) is 5.91 Å². The Labute approximate surface area is 203 Å². The van der Waals surface area contributed by atoms with Crippen molar-refractivity contribution in [2.24, 2.45) is 5.92 Å². The standard InChI is InChI=1S/C26H40N2O6/c1-19(2)14-23-26(33-18-31-4,24(29)28(23)17-30-3)16-20-15-22(8-12-27-20)34-21-6-10-25(11-7-21)9-5-13-32-25/h8,12,15,19,21,23H,5-7,9-11,13-14,16-18H2,1-4H3/t21?,23-,25?,26+/m0/s1. The minimum Gasteiger partial charge on any atom is -0.490 e. The highest BCUT2D eigenvalue weighted by molar-refractivity contribution is 5.93. The molecule has 1 spiro atoms. The van der Waals surface area contributed by atoms with Gasteiger partial charge in [-0.3, -0.25) is 9.78 Å². The molecule has 0 bridgehead atoms. The van der Waals surface area contributed by atoms with Crippen LogP contribution in [0.4, 0.5) is 0 Å². The van der Waals surface area contributed by atoms with Gasteiger partial charge >= 0.3 is 0 Å². The lowest BCUT2D eigenvalue weighted by atomic mass is 9.75. The Morgan fingerprint density at radius 1 is 1.21 bits per heavy atom. The van der Waals surface area contributed by atoms with Gasteiger partial charge in [0.05, 0.1) is 17.7 Å². The van der Waals surface area contributed by atoms with Crippen LogP contribution in [0.1, 0.15) is 64.5 Å². The van der Waals surface area contributed by atoms with Crippen LogP contribution < -0.4 is 4.74 Å². The van der Waals surface area contributed by atoms with Crippen molar-refractivity contribution < 1.29 is 28.5 Å². The van der Waals surface area contributed by atoms with Crippen molar-refractivity contribution in [2.45, 2.75) is 88.6 Å². The zero-order valence-corrected chi connectivity index (χ0v) is 21.1. The number of β-lactam (4-membered cyclic amide) rings is 1. The maximum atomic E-state index is 13.3. The number of rotatable bonds is 11. The number of amides is 1. The van der Waals surface area contributed by atoms with Gasteiger partial charge in [0.2, 0.25) is 0 Å². The van der Waals surface area contributed by atoms with Crippen molar-refractivity contribution in [2.75, 3.05) is 34.4 Å². The van der Waals surface area contributed by atoms with Crippen molar-refractivity contribution >= 4 is 5.91 Å². The molecular formula is C26H40N2O6. The lowest BCUT2D eigenvalue weighted by Gasteiger charge is -2.55. The summed E-state index contributed by atoms with van der Waals surface area (Å²) in [6, 6.07) is 3.74. The van der Waals surface area contributed by atoms with Gasteiger partial charge in [-0.2, -0.15) is 0 Å². The van der Waals surface area contributed by atoms with E-state index in [1.165, 1.54) is 12.8 Å². The second kappa shape index (κ2) is 10.9. The maximum absolute atomic E-state index is 13.3. The van der Waals surface area contributed by atoms with Gasteiger partial charge in [0.1, 0.15) is 19.3 Å². The van der Waals surface area contributed by atoms with Crippen LogP contribution >= 0.6 is 0 Å². The minimum absolute atomic E-state index is 0.0449. The third-order valence-electron chi connectivity index (χ3n) is 7.50. The fourth-order valence-electron chi connectivity index (χ4n) is 5.80. The van der Waals surface area contributed by atoms with Gasteiger partial charge in [-0.05, 0) is 56.9 Å². The zero-order valence-electron chi connectivity index (χ0n) is 21.1. The number of aromatic nitrogens is 1. The second-order valence-electron chi connectivity index (χ2n) is 10.4. The highest BCUT2D eigenvalue weighted by Crippen LogP contribution is 2.42. The molecule has 3 aliphatic rings. The Bertz CT molecular complexity index is 817. The number of pyridine rings is 1. The molecule has 1 aliphatic carbocycles. The fourth-order valence-corrected chi connectivity index (χ4v) is 5.80. The van der Waals surface area contributed by atoms with Crippen LogP contribution in [0.15, 0.2) is 18.3 Å². The first kappa shape index (κ1) is 25.4. The van der Waals surface area contributed by atoms with E-state index < -0.39 is 5.60 Å². The Kier molecular flexibility index (Phi) is 8.12. The monoisotopic (exact) mass is 476 g/mol. The van der Waals surface area contributed by atoms with E-state index in [2.05, 4.69) is 18.8 Å². The first-order valence-corrected chi connectivity index (χ1v) is 12.6. The lowest BCUT2D eigenvalue weighted by Crippen LogP contribution is -2.76. The zero-order chi connectivity index (χ0) is 24.2. The number of carbonyl (C=O) groups excluding carboxylic acids is 1. The molecule has 8 nitrogen and oxygen atoms in total. The number of ether oxygens (including phenoxy) is 5. The number of likely N-dealkylation sites (tertiary alicyclic amines) is 1. The van der Waals surface area contributed by atoms with Gasteiger partial charge in [0, 0.05) is 45.2 Å². The van der Waals surface area contributed by atoms with Crippen molar-refractivity contribution in [1.82, 2.24) is 9.88 Å². The van der Waals surface area contributed by atoms with Crippen LogP contribution in [0.3, 0.4) is 0 Å². The number of hydrogen-bond acceptors (Lipinski definition) is 7. The molecule has 3 heterocycles. The summed E-state index contributed by atoms with van der Waals surface area (Å²) < 4.78 is 29.0. The van der Waals surface area contributed by atoms with Crippen molar-refractivity contribution in [3.63, 3.8) is 0 Å². The summed E-state index contributed by atoms with van der Waals surface area (Å²) in [5, 5.41) is 0. The number of nitrogens with zero attached hydrogens (tertiary/aromatic N) is 2. The first-order valence-electron chi connectivity index (χ1n) is 12.6. The third kappa shape index (κ3) is 5.25. The first-order chi connectivity index (χ1) is 16.4. The normalized spacial score (nSPS) is 31.3. The van der Waals surface area contributed by atoms with E-state index in [4.69, 9.17) is 23.7 Å². The minimum atomic E-state index is -1.01. The summed E-state index contributed by atoms with van der Waals surface area (Å²) in [5.41, 5.74) is -0.140. The topological polar surface area (TPSA) is 79.3 Å². The molecule has 190 valence electrons. The molecule has 8 heteroatoms. The largest absolute Gasteiger partial charge is 0.490 e. The predicted molar refractivity (Wildman–Crippen MR) is 126 cm³/mol. The Balaban J connectivity index is 1.46. The molecule has 1 amide bonds. The Morgan fingerprint density at radius 3 is 2.65 bits per heavy atom. The maximum Gasteiger partial charge on any atom is 0.259 e. The molecule has 3 fully saturated rings. The molecule has 0 aromatic carbocycles. The van der Waals surface area contributed by atoms with E-state index >= 15 is 0 Å². The average Bonchev–Trinajstić information content (AvgIpc) is 3.29. The van der Waals surface area contributed by atoms with Crippen molar-refractivity contribution in [3.05, 3.63) is 24.0 Å². The number of methoxy groups -OCH3 is 2. The molecule has 1 aromatic heterocycles. The fraction of sp³-hybridized carbons (Fsp3) is 0.769. The molecule has 4 rings (SSSR count). The number of carbonyl (C=O) groups is 1. The van der Waals surface area contributed by atoms with Gasteiger partial charge < -0.3 is 28.6 Å². The Morgan fingerprint density at radius 2 is 2.00 bits per heavy atom. The molecule has 0 unspecified atom stereocenters. The van der Waals surface area contributed by atoms with Crippen molar-refractivity contribution in [3.8, 4) is 5.75 Å². The molecule has 1 saturated carbocycles. The van der Waals surface area contributed by atoms with E-state index in [1.54, 1.807) is 25.3 Å². The van der Waals surface area contributed by atoms with Crippen molar-refractivity contribution in [1.29, 1.82) is 0 Å². The smallest absolute Gasteiger partial charge is 0.259 e. The molecule has 1 aromatic rings. The highest BCUT2D eigenvalue weighted by atomic mass is 16.7. The SMILES string of the molecule is COCO[C@@]1(Cc2cc(OC3CCC4(CCCO4)CC3)ccn2)C(=O)N(COC)[C@H]1CC(C)C. The summed E-state index contributed by atoms with van der Waals surface area (Å²) in [7, 11) is 3.17. The predicted octanol–water partition coefficient (Wildman–Crippen LogP) is 3.71. The average molecular weight is 477 g/mol. The summed E-state index contributed by atoms with van der Waals surface area (Å²) in [6.07, 6.45) is 9.57. The molecule has 2 aliphatic heterocycles. The van der Waals surface area contributed by atoms with E-state index in [0.717, 1.165) is 50.2 Å². The van der Waals surface area contributed by atoms with Gasteiger partial charge in [-0.25, -0.2) is 0 Å². The van der Waals surface area contributed by atoms with Gasteiger partial charge in [-0.15, -0.1) is 0 Å². The number of hydrogen-bond donors (Lipinski definition) is 0. The van der Waals surface area contributed by atoms with E-state index in [1.807, 2.05) is 12.1 Å². The summed E-state index contributed by atoms with van der Waals surface area (Å²) in [6.45, 7) is 5.48. The molecular weight excluding hydrogens is 436 g/mol. The van der Waals surface area contributed by atoms with E-state index in [0.29, 0.717) is 12.3 Å². The second-order valence-corrected chi connectivity index (χ2v) is 10.4. The summed E-state index contributed by atoms with van der Waals surface area (Å²) in [5.74, 6) is 1.10. The van der Waals surface area contributed by atoms with E-state index in [9.17, 15) is 4.79 Å². The van der Waals surface area contributed by atoms with Crippen LogP contribution in [-0.2, 0) is 30.2 Å². The van der Waals surface area contributed by atoms with Gasteiger partial charge in [0.15, 0.2) is 5.60 Å². The van der Waals surface area contributed by atoms with Crippen LogP contribution in [-0.4, -0.2) is 73.5 Å². The van der Waals surface area contributed by atoms with Crippen LogP contribution in [0.2, 0.25) is 0 Å². The summed E-state index contributed by atoms with van der Waals surface area (Å²) >= 11 is 0. The third-order valence-corrected chi connectivity index (χ3v) is 7.50.